The molecule has 0 amide bonds. The Kier molecular flexibility index (Phi) is 6.68. The summed E-state index contributed by atoms with van der Waals surface area (Å²) in [5, 5.41) is 17.6. The van der Waals surface area contributed by atoms with Gasteiger partial charge in [0.2, 0.25) is 0 Å². The van der Waals surface area contributed by atoms with Crippen LogP contribution in [-0.2, 0) is 4.74 Å². The summed E-state index contributed by atoms with van der Waals surface area (Å²) >= 11 is 5.35. The first kappa shape index (κ1) is 21.8. The number of rotatable bonds is 7. The van der Waals surface area contributed by atoms with E-state index in [0.29, 0.717) is 29.6 Å². The molecule has 1 aliphatic carbocycles. The molecule has 3 N–H and O–H groups in total. The maximum Gasteiger partial charge on any atom is 0.182 e. The van der Waals surface area contributed by atoms with Crippen LogP contribution in [0.1, 0.15) is 13.3 Å². The summed E-state index contributed by atoms with van der Waals surface area (Å²) in [5.41, 5.74) is 3.95. The zero-order chi connectivity index (χ0) is 22.5. The number of ether oxygens (including phenoxy) is 1. The van der Waals surface area contributed by atoms with E-state index in [9.17, 15) is 9.90 Å². The van der Waals surface area contributed by atoms with Crippen molar-refractivity contribution in [3.05, 3.63) is 70.9 Å². The molecule has 164 valence electrons. The van der Waals surface area contributed by atoms with Gasteiger partial charge in [0, 0.05) is 47.5 Å². The molecule has 0 saturated carbocycles. The van der Waals surface area contributed by atoms with E-state index in [1.54, 1.807) is 18.2 Å². The normalized spacial score (nSPS) is 11.0. The van der Waals surface area contributed by atoms with Crippen LogP contribution in [0.2, 0.25) is 0 Å². The van der Waals surface area contributed by atoms with Gasteiger partial charge in [0.05, 0.1) is 6.61 Å². The monoisotopic (exact) mass is 448 g/mol. The van der Waals surface area contributed by atoms with Crippen molar-refractivity contribution in [2.24, 2.45) is 0 Å². The second-order valence-electron chi connectivity index (χ2n) is 7.39. The van der Waals surface area contributed by atoms with Crippen molar-refractivity contribution in [2.45, 2.75) is 13.3 Å². The van der Waals surface area contributed by atoms with Crippen molar-refractivity contribution in [1.82, 2.24) is 5.32 Å². The van der Waals surface area contributed by atoms with E-state index in [1.807, 2.05) is 30.3 Å². The average Bonchev–Trinajstić information content (AvgIpc) is 2.78. The van der Waals surface area contributed by atoms with Crippen molar-refractivity contribution in [3.8, 4) is 28.2 Å². The molecule has 0 spiro atoms. The number of anilines is 1. The SMILES string of the molecule is CCCOCCNC(=S)Nc1ccc(-c2c3ccc(=O)cc-3oc3cc(O)ccc23)cc1. The summed E-state index contributed by atoms with van der Waals surface area (Å²) in [6, 6.07) is 17.6. The highest BCUT2D eigenvalue weighted by molar-refractivity contribution is 7.80. The largest absolute Gasteiger partial charge is 0.508 e. The van der Waals surface area contributed by atoms with Gasteiger partial charge in [-0.2, -0.15) is 0 Å². The highest BCUT2D eigenvalue weighted by Gasteiger charge is 2.17. The van der Waals surface area contributed by atoms with Gasteiger partial charge < -0.3 is 24.9 Å². The van der Waals surface area contributed by atoms with E-state index in [4.69, 9.17) is 21.4 Å². The maximum atomic E-state index is 11.9. The zero-order valence-corrected chi connectivity index (χ0v) is 18.5. The van der Waals surface area contributed by atoms with Crippen LogP contribution >= 0.6 is 12.2 Å². The van der Waals surface area contributed by atoms with Crippen molar-refractivity contribution in [2.75, 3.05) is 25.1 Å². The molecule has 2 aromatic carbocycles. The fourth-order valence-corrected chi connectivity index (χ4v) is 3.77. The van der Waals surface area contributed by atoms with E-state index in [1.165, 1.54) is 12.1 Å². The summed E-state index contributed by atoms with van der Waals surface area (Å²) in [6.45, 7) is 4.07. The Morgan fingerprint density at radius 2 is 1.88 bits per heavy atom. The second kappa shape index (κ2) is 9.80. The fraction of sp³-hybridized carbons (Fsp3) is 0.200. The molecule has 7 heteroatoms. The zero-order valence-electron chi connectivity index (χ0n) is 17.7. The van der Waals surface area contributed by atoms with Gasteiger partial charge in [-0.05, 0) is 60.6 Å². The molecule has 32 heavy (non-hydrogen) atoms. The first-order valence-electron chi connectivity index (χ1n) is 10.5. The number of nitrogens with one attached hydrogen (secondary N) is 2. The lowest BCUT2D eigenvalue weighted by Crippen LogP contribution is -2.31. The van der Waals surface area contributed by atoms with Crippen molar-refractivity contribution in [3.63, 3.8) is 0 Å². The van der Waals surface area contributed by atoms with Crippen LogP contribution in [0.3, 0.4) is 0 Å². The first-order chi connectivity index (χ1) is 15.5. The highest BCUT2D eigenvalue weighted by atomic mass is 32.1. The molecule has 0 radical (unpaired) electrons. The molecule has 4 rings (SSSR count). The summed E-state index contributed by atoms with van der Waals surface area (Å²) in [4.78, 5) is 11.9. The van der Waals surface area contributed by atoms with E-state index in [-0.39, 0.29) is 11.2 Å². The van der Waals surface area contributed by atoms with E-state index in [0.717, 1.165) is 40.8 Å². The minimum atomic E-state index is -0.132. The molecule has 0 atom stereocenters. The lowest BCUT2D eigenvalue weighted by atomic mass is 9.93. The predicted octanol–water partition coefficient (Wildman–Crippen LogP) is 4.98. The quantitative estimate of drug-likeness (QED) is 0.209. The van der Waals surface area contributed by atoms with Crippen LogP contribution in [0.15, 0.2) is 69.9 Å². The highest BCUT2D eigenvalue weighted by Crippen LogP contribution is 2.40. The molecule has 1 heterocycles. The lowest BCUT2D eigenvalue weighted by Gasteiger charge is -2.16. The average molecular weight is 449 g/mol. The van der Waals surface area contributed by atoms with Gasteiger partial charge in [-0.25, -0.2) is 0 Å². The third-order valence-corrected chi connectivity index (χ3v) is 5.24. The number of hydrogen-bond donors (Lipinski definition) is 3. The molecule has 0 bridgehead atoms. The Balaban J connectivity index is 1.60. The molecule has 0 saturated heterocycles. The summed E-state index contributed by atoms with van der Waals surface area (Å²) < 4.78 is 11.3. The second-order valence-corrected chi connectivity index (χ2v) is 7.79. The molecule has 1 aliphatic heterocycles. The van der Waals surface area contributed by atoms with Gasteiger partial charge in [0.25, 0.3) is 0 Å². The van der Waals surface area contributed by atoms with Gasteiger partial charge in [-0.1, -0.05) is 19.1 Å². The Morgan fingerprint density at radius 1 is 1.06 bits per heavy atom. The maximum absolute atomic E-state index is 11.9. The number of phenols is 1. The van der Waals surface area contributed by atoms with Gasteiger partial charge in [0.1, 0.15) is 17.1 Å². The Morgan fingerprint density at radius 3 is 2.66 bits per heavy atom. The third kappa shape index (κ3) is 4.90. The van der Waals surface area contributed by atoms with Crippen LogP contribution in [-0.4, -0.2) is 30.0 Å². The lowest BCUT2D eigenvalue weighted by molar-refractivity contribution is 0.139. The topological polar surface area (TPSA) is 83.7 Å². The summed E-state index contributed by atoms with van der Waals surface area (Å²) in [7, 11) is 0. The molecule has 6 nitrogen and oxygen atoms in total. The van der Waals surface area contributed by atoms with Crippen LogP contribution in [0.25, 0.3) is 33.4 Å². The van der Waals surface area contributed by atoms with Crippen molar-refractivity contribution in [1.29, 1.82) is 0 Å². The van der Waals surface area contributed by atoms with E-state index < -0.39 is 0 Å². The number of thiocarbonyl (C=S) groups is 1. The summed E-state index contributed by atoms with van der Waals surface area (Å²) in [5.74, 6) is 0.578. The molecule has 2 aliphatic rings. The van der Waals surface area contributed by atoms with Crippen LogP contribution in [0.4, 0.5) is 5.69 Å². The molecule has 0 unspecified atom stereocenters. The smallest absolute Gasteiger partial charge is 0.182 e. The Bertz CT molecular complexity index is 1270. The fourth-order valence-electron chi connectivity index (χ4n) is 3.55. The molecule has 0 fully saturated rings. The van der Waals surface area contributed by atoms with Gasteiger partial charge in [-0.15, -0.1) is 0 Å². The van der Waals surface area contributed by atoms with Crippen molar-refractivity contribution < 1.29 is 14.3 Å². The minimum Gasteiger partial charge on any atom is -0.508 e. The predicted molar refractivity (Wildman–Crippen MR) is 132 cm³/mol. The van der Waals surface area contributed by atoms with Gasteiger partial charge >= 0.3 is 0 Å². The molecular formula is C25H24N2O4S. The minimum absolute atomic E-state index is 0.102. The number of hydrogen-bond acceptors (Lipinski definition) is 5. The van der Waals surface area contributed by atoms with E-state index >= 15 is 0 Å². The molecular weight excluding hydrogens is 424 g/mol. The van der Waals surface area contributed by atoms with Gasteiger partial charge in [-0.3, -0.25) is 4.79 Å². The molecule has 0 aromatic heterocycles. The number of phenolic OH excluding ortho intramolecular Hbond substituents is 1. The van der Waals surface area contributed by atoms with E-state index in [2.05, 4.69) is 17.6 Å². The standard InChI is InChI=1S/C25H24N2O4S/c1-2-12-30-13-11-26-25(32)27-17-5-3-16(4-6-17)24-20-9-7-18(28)14-22(20)31-23-15-19(29)8-10-21(23)24/h3-10,14-15,28H,2,11-13H2,1H3,(H2,26,27,32). The van der Waals surface area contributed by atoms with Crippen LogP contribution in [0, 0.1) is 0 Å². The van der Waals surface area contributed by atoms with Crippen LogP contribution < -0.4 is 16.1 Å². The van der Waals surface area contributed by atoms with Gasteiger partial charge in [0.15, 0.2) is 10.5 Å². The third-order valence-electron chi connectivity index (χ3n) is 4.99. The Labute approximate surface area is 191 Å². The summed E-state index contributed by atoms with van der Waals surface area (Å²) in [6.07, 6.45) is 0.994. The number of aromatic hydroxyl groups is 1. The number of benzene rings is 3. The Hall–Kier alpha value is -3.42. The van der Waals surface area contributed by atoms with Crippen molar-refractivity contribution >= 4 is 34.0 Å². The molecule has 2 aromatic rings. The first-order valence-corrected chi connectivity index (χ1v) is 10.9. The number of fused-ring (bicyclic) bond motifs is 2. The van der Waals surface area contributed by atoms with Crippen LogP contribution in [0.5, 0.6) is 5.75 Å².